The summed E-state index contributed by atoms with van der Waals surface area (Å²) in [4.78, 5) is 0. The van der Waals surface area contributed by atoms with Gasteiger partial charge in [0.2, 0.25) is 10.0 Å². The number of hydrogen-bond donors (Lipinski definition) is 0. The molecule has 4 rings (SSSR count). The Labute approximate surface area is 188 Å². The molecular formula is C24H36BNO4S. The van der Waals surface area contributed by atoms with E-state index in [9.17, 15) is 8.42 Å². The third kappa shape index (κ3) is 3.06. The standard InChI is InChI=1S/C24H36BNO4S/c1-17-13-15-21(2,3)24(8,20(17)25-29-22(4,5)23(6,7)30-25)31(27,28)26-16-14-18-11-9-10-12-19(18)26/h13-16H,9-12H2,1-8H3. The molecule has 0 radical (unpaired) electrons. The van der Waals surface area contributed by atoms with Gasteiger partial charge in [-0.1, -0.05) is 31.6 Å². The van der Waals surface area contributed by atoms with Gasteiger partial charge < -0.3 is 9.31 Å². The summed E-state index contributed by atoms with van der Waals surface area (Å²) in [6.07, 6.45) is 9.65. The minimum absolute atomic E-state index is 0.548. The molecule has 0 saturated carbocycles. The van der Waals surface area contributed by atoms with E-state index in [1.54, 1.807) is 10.2 Å². The predicted molar refractivity (Wildman–Crippen MR) is 125 cm³/mol. The predicted octanol–water partition coefficient (Wildman–Crippen LogP) is 4.85. The SMILES string of the molecule is CC1=C(B2OC(C)(C)C(C)(C)O2)C(C)(S(=O)(=O)n2ccc3c2CCCC3)C(C)(C)C=C1. The Morgan fingerprint density at radius 3 is 2.16 bits per heavy atom. The molecule has 3 aliphatic rings. The van der Waals surface area contributed by atoms with E-state index in [1.165, 1.54) is 0 Å². The highest BCUT2D eigenvalue weighted by Crippen LogP contribution is 2.53. The van der Waals surface area contributed by atoms with Crippen molar-refractivity contribution < 1.29 is 17.7 Å². The smallest absolute Gasteiger partial charge is 0.400 e. The van der Waals surface area contributed by atoms with E-state index in [4.69, 9.17) is 9.31 Å². The number of hydrogen-bond acceptors (Lipinski definition) is 4. The Hall–Kier alpha value is -1.31. The number of aromatic nitrogens is 1. The van der Waals surface area contributed by atoms with E-state index in [2.05, 4.69) is 0 Å². The Kier molecular flexibility index (Phi) is 5.05. The lowest BCUT2D eigenvalue weighted by molar-refractivity contribution is 0.00578. The second kappa shape index (κ2) is 6.85. The van der Waals surface area contributed by atoms with Crippen LogP contribution in [-0.2, 0) is 32.2 Å². The highest BCUT2D eigenvalue weighted by molar-refractivity contribution is 7.91. The average Bonchev–Trinajstić information content (AvgIpc) is 3.17. The molecule has 2 heterocycles. The minimum atomic E-state index is -3.81. The van der Waals surface area contributed by atoms with Crippen LogP contribution in [0.2, 0.25) is 0 Å². The normalized spacial score (nSPS) is 29.4. The second-order valence-corrected chi connectivity index (χ2v) is 13.2. The van der Waals surface area contributed by atoms with Crippen LogP contribution in [0.4, 0.5) is 0 Å². The minimum Gasteiger partial charge on any atom is -0.400 e. The van der Waals surface area contributed by atoms with Crippen molar-refractivity contribution in [3.8, 4) is 0 Å². The number of fused-ring (bicyclic) bond motifs is 1. The molecule has 5 nitrogen and oxygen atoms in total. The number of aryl methyl sites for hydroxylation is 1. The third-order valence-corrected chi connectivity index (χ3v) is 11.0. The van der Waals surface area contributed by atoms with Crippen LogP contribution in [0.5, 0.6) is 0 Å². The van der Waals surface area contributed by atoms with Crippen molar-refractivity contribution in [2.75, 3.05) is 0 Å². The molecule has 1 aromatic rings. The van der Waals surface area contributed by atoms with Crippen LogP contribution in [0.3, 0.4) is 0 Å². The fourth-order valence-corrected chi connectivity index (χ4v) is 7.54. The molecule has 1 fully saturated rings. The van der Waals surface area contributed by atoms with Crippen LogP contribution < -0.4 is 0 Å². The van der Waals surface area contributed by atoms with Crippen molar-refractivity contribution in [1.82, 2.24) is 3.97 Å². The molecule has 1 aliphatic heterocycles. The highest BCUT2D eigenvalue weighted by Gasteiger charge is 2.63. The molecule has 0 bridgehead atoms. The molecule has 7 heteroatoms. The molecule has 0 N–H and O–H groups in total. The van der Waals surface area contributed by atoms with E-state index < -0.39 is 38.5 Å². The summed E-state index contributed by atoms with van der Waals surface area (Å²) in [5.41, 5.74) is 1.93. The summed E-state index contributed by atoms with van der Waals surface area (Å²) in [6.45, 7) is 15.8. The van der Waals surface area contributed by atoms with Gasteiger partial charge in [0.25, 0.3) is 0 Å². The second-order valence-electron chi connectivity index (χ2n) is 11.1. The van der Waals surface area contributed by atoms with Gasteiger partial charge in [0.1, 0.15) is 4.75 Å². The summed E-state index contributed by atoms with van der Waals surface area (Å²) in [7, 11) is -4.54. The van der Waals surface area contributed by atoms with Gasteiger partial charge in [-0.15, -0.1) is 0 Å². The van der Waals surface area contributed by atoms with Gasteiger partial charge in [-0.2, -0.15) is 0 Å². The van der Waals surface area contributed by atoms with E-state index in [-0.39, 0.29) is 0 Å². The Morgan fingerprint density at radius 2 is 1.55 bits per heavy atom. The van der Waals surface area contributed by atoms with Crippen LogP contribution in [-0.4, -0.2) is 35.5 Å². The summed E-state index contributed by atoms with van der Waals surface area (Å²) in [5.74, 6) is 0. The first-order valence-corrected chi connectivity index (χ1v) is 12.8. The lowest BCUT2D eigenvalue weighted by atomic mass is 9.58. The lowest BCUT2D eigenvalue weighted by Gasteiger charge is -2.47. The van der Waals surface area contributed by atoms with Crippen molar-refractivity contribution in [3.05, 3.63) is 46.7 Å². The molecule has 1 atom stereocenters. The fraction of sp³-hybridized carbons (Fsp3) is 0.667. The van der Waals surface area contributed by atoms with Crippen LogP contribution in [0.25, 0.3) is 0 Å². The monoisotopic (exact) mass is 445 g/mol. The van der Waals surface area contributed by atoms with Gasteiger partial charge in [0.05, 0.1) is 11.2 Å². The van der Waals surface area contributed by atoms with Gasteiger partial charge in [-0.05, 0) is 84.3 Å². The van der Waals surface area contributed by atoms with Gasteiger partial charge in [0, 0.05) is 17.3 Å². The first-order chi connectivity index (χ1) is 14.2. The van der Waals surface area contributed by atoms with E-state index in [0.29, 0.717) is 5.47 Å². The molecule has 170 valence electrons. The number of allylic oxidation sites excluding steroid dienone is 3. The van der Waals surface area contributed by atoms with E-state index >= 15 is 0 Å². The van der Waals surface area contributed by atoms with Gasteiger partial charge >= 0.3 is 7.12 Å². The lowest BCUT2D eigenvalue weighted by Crippen LogP contribution is -2.57. The van der Waals surface area contributed by atoms with Crippen LogP contribution in [0.1, 0.15) is 79.5 Å². The highest BCUT2D eigenvalue weighted by atomic mass is 32.2. The third-order valence-electron chi connectivity index (χ3n) is 8.34. The van der Waals surface area contributed by atoms with Crippen LogP contribution >= 0.6 is 0 Å². The quantitative estimate of drug-likeness (QED) is 0.625. The van der Waals surface area contributed by atoms with Gasteiger partial charge in [-0.3, -0.25) is 0 Å². The van der Waals surface area contributed by atoms with Crippen LogP contribution in [0, 0.1) is 5.41 Å². The molecule has 2 aliphatic carbocycles. The molecule has 1 saturated heterocycles. The zero-order valence-electron chi connectivity index (χ0n) is 20.2. The molecule has 0 spiro atoms. The van der Waals surface area contributed by atoms with Gasteiger partial charge in [0.15, 0.2) is 0 Å². The zero-order chi connectivity index (χ0) is 23.0. The fourth-order valence-electron chi connectivity index (χ4n) is 5.16. The first kappa shape index (κ1) is 22.9. The van der Waals surface area contributed by atoms with E-state index in [1.807, 2.05) is 73.6 Å². The molecule has 0 aromatic carbocycles. The maximum Gasteiger partial charge on any atom is 0.492 e. The summed E-state index contributed by atoms with van der Waals surface area (Å²) < 4.78 is 42.1. The Balaban J connectivity index is 1.91. The van der Waals surface area contributed by atoms with Gasteiger partial charge in [-0.25, -0.2) is 12.4 Å². The number of rotatable bonds is 3. The molecule has 1 unspecified atom stereocenters. The first-order valence-electron chi connectivity index (χ1n) is 11.4. The zero-order valence-corrected chi connectivity index (χ0v) is 21.0. The molecule has 0 amide bonds. The maximum absolute atomic E-state index is 14.5. The van der Waals surface area contributed by atoms with Crippen LogP contribution in [0.15, 0.2) is 35.5 Å². The Bertz CT molecular complexity index is 1060. The average molecular weight is 445 g/mol. The van der Waals surface area contributed by atoms with Crippen molar-refractivity contribution >= 4 is 17.1 Å². The van der Waals surface area contributed by atoms with Crippen molar-refractivity contribution in [2.45, 2.75) is 97.0 Å². The number of nitrogens with zero attached hydrogens (tertiary/aromatic N) is 1. The van der Waals surface area contributed by atoms with Crippen molar-refractivity contribution in [2.24, 2.45) is 5.41 Å². The largest absolute Gasteiger partial charge is 0.492 e. The summed E-state index contributed by atoms with van der Waals surface area (Å²) in [6, 6.07) is 1.98. The topological polar surface area (TPSA) is 57.5 Å². The molecule has 31 heavy (non-hydrogen) atoms. The maximum atomic E-state index is 14.5. The molecule has 1 aromatic heterocycles. The van der Waals surface area contributed by atoms with Crippen molar-refractivity contribution in [1.29, 1.82) is 0 Å². The summed E-state index contributed by atoms with van der Waals surface area (Å²) in [5, 5.41) is 0. The van der Waals surface area contributed by atoms with Crippen molar-refractivity contribution in [3.63, 3.8) is 0 Å². The Morgan fingerprint density at radius 1 is 0.968 bits per heavy atom. The molecular weight excluding hydrogens is 409 g/mol. The summed E-state index contributed by atoms with van der Waals surface area (Å²) >= 11 is 0. The van der Waals surface area contributed by atoms with E-state index in [0.717, 1.165) is 42.5 Å².